The van der Waals surface area contributed by atoms with Crippen LogP contribution in [0.1, 0.15) is 18.9 Å². The fraction of sp³-hybridized carbons (Fsp3) is 0.278. The smallest absolute Gasteiger partial charge is 0.232 e. The van der Waals surface area contributed by atoms with Gasteiger partial charge in [0, 0.05) is 13.0 Å². The van der Waals surface area contributed by atoms with Gasteiger partial charge in [-0.2, -0.15) is 0 Å². The summed E-state index contributed by atoms with van der Waals surface area (Å²) in [5.74, 6) is -0.986. The average molecular weight is 364 g/mol. The first-order valence-corrected chi connectivity index (χ1v) is 9.77. The van der Waals surface area contributed by atoms with E-state index in [1.807, 2.05) is 19.1 Å². The maximum atomic E-state index is 13.6. The number of halogens is 1. The van der Waals surface area contributed by atoms with Gasteiger partial charge >= 0.3 is 0 Å². The van der Waals surface area contributed by atoms with Crippen LogP contribution in [0.3, 0.4) is 0 Å². The topological polar surface area (TPSA) is 66.5 Å². The maximum Gasteiger partial charge on any atom is 0.232 e. The maximum absolute atomic E-state index is 13.6. The quantitative estimate of drug-likeness (QED) is 0.820. The lowest BCUT2D eigenvalue weighted by Gasteiger charge is -2.24. The van der Waals surface area contributed by atoms with Crippen molar-refractivity contribution in [3.8, 4) is 0 Å². The predicted octanol–water partition coefficient (Wildman–Crippen LogP) is 3.18. The third-order valence-corrected chi connectivity index (χ3v) is 4.91. The Balaban J connectivity index is 2.14. The molecular weight excluding hydrogens is 343 g/mol. The summed E-state index contributed by atoms with van der Waals surface area (Å²) in [6.45, 7) is 1.92. The molecule has 0 fully saturated rings. The molecule has 0 aliphatic heterocycles. The van der Waals surface area contributed by atoms with Crippen molar-refractivity contribution in [2.75, 3.05) is 22.4 Å². The minimum absolute atomic E-state index is 0.0177. The van der Waals surface area contributed by atoms with Crippen LogP contribution in [0, 0.1) is 5.82 Å². The number of nitrogens with zero attached hydrogens (tertiary/aromatic N) is 1. The summed E-state index contributed by atoms with van der Waals surface area (Å²) in [6.07, 6.45) is 1.69. The molecule has 0 aliphatic rings. The van der Waals surface area contributed by atoms with E-state index in [0.29, 0.717) is 12.1 Å². The van der Waals surface area contributed by atoms with E-state index < -0.39 is 21.7 Å². The standard InChI is InChI=1S/C18H21FN2O3S/c1-3-14-8-4-7-11-17(14)21(25(2,23)24)13-12-18(22)20-16-10-6-5-9-15(16)19/h4-11H,3,12-13H2,1-2H3,(H,20,22). The summed E-state index contributed by atoms with van der Waals surface area (Å²) < 4.78 is 39.1. The molecule has 0 spiro atoms. The van der Waals surface area contributed by atoms with Gasteiger partial charge in [0.2, 0.25) is 15.9 Å². The first-order valence-electron chi connectivity index (χ1n) is 7.93. The second-order valence-corrected chi connectivity index (χ2v) is 7.50. The molecule has 2 aromatic carbocycles. The molecule has 1 N–H and O–H groups in total. The lowest BCUT2D eigenvalue weighted by atomic mass is 10.1. The minimum Gasteiger partial charge on any atom is -0.324 e. The molecule has 7 heteroatoms. The largest absolute Gasteiger partial charge is 0.324 e. The van der Waals surface area contributed by atoms with E-state index in [2.05, 4.69) is 5.32 Å². The van der Waals surface area contributed by atoms with Gasteiger partial charge in [-0.15, -0.1) is 0 Å². The molecule has 0 bridgehead atoms. The molecule has 25 heavy (non-hydrogen) atoms. The lowest BCUT2D eigenvalue weighted by molar-refractivity contribution is -0.116. The van der Waals surface area contributed by atoms with Crippen molar-refractivity contribution in [2.24, 2.45) is 0 Å². The summed E-state index contributed by atoms with van der Waals surface area (Å²) in [5.41, 5.74) is 1.51. The van der Waals surface area contributed by atoms with Crippen LogP contribution >= 0.6 is 0 Å². The first-order chi connectivity index (χ1) is 11.8. The number of hydrogen-bond acceptors (Lipinski definition) is 3. The molecule has 0 atom stereocenters. The molecule has 0 saturated carbocycles. The van der Waals surface area contributed by atoms with Crippen LogP contribution in [0.4, 0.5) is 15.8 Å². The van der Waals surface area contributed by atoms with Gasteiger partial charge in [0.15, 0.2) is 0 Å². The number of benzene rings is 2. The van der Waals surface area contributed by atoms with Crippen molar-refractivity contribution in [3.05, 3.63) is 59.9 Å². The van der Waals surface area contributed by atoms with Crippen molar-refractivity contribution in [3.63, 3.8) is 0 Å². The fourth-order valence-corrected chi connectivity index (χ4v) is 3.45. The molecule has 0 aliphatic carbocycles. The Morgan fingerprint density at radius 3 is 2.40 bits per heavy atom. The van der Waals surface area contributed by atoms with Gasteiger partial charge < -0.3 is 5.32 Å². The average Bonchev–Trinajstić information content (AvgIpc) is 2.56. The van der Waals surface area contributed by atoms with Crippen LogP contribution in [0.15, 0.2) is 48.5 Å². The molecule has 5 nitrogen and oxygen atoms in total. The number of carbonyl (C=O) groups excluding carboxylic acids is 1. The summed E-state index contributed by atoms with van der Waals surface area (Å²) in [4.78, 5) is 12.1. The highest BCUT2D eigenvalue weighted by Crippen LogP contribution is 2.23. The third kappa shape index (κ3) is 5.03. The van der Waals surface area contributed by atoms with Crippen molar-refractivity contribution in [2.45, 2.75) is 19.8 Å². The van der Waals surface area contributed by atoms with Crippen LogP contribution in [0.5, 0.6) is 0 Å². The number of para-hydroxylation sites is 2. The SMILES string of the molecule is CCc1ccccc1N(CCC(=O)Nc1ccccc1F)S(C)(=O)=O. The number of rotatable bonds is 7. The number of hydrogen-bond donors (Lipinski definition) is 1. The van der Waals surface area contributed by atoms with Crippen LogP contribution in [0.2, 0.25) is 0 Å². The zero-order valence-electron chi connectivity index (χ0n) is 14.2. The van der Waals surface area contributed by atoms with E-state index >= 15 is 0 Å². The highest BCUT2D eigenvalue weighted by atomic mass is 32.2. The van der Waals surface area contributed by atoms with E-state index in [9.17, 15) is 17.6 Å². The van der Waals surface area contributed by atoms with Crippen molar-refractivity contribution >= 4 is 27.3 Å². The number of aryl methyl sites for hydroxylation is 1. The molecule has 0 heterocycles. The molecule has 2 rings (SSSR count). The Kier molecular flexibility index (Phi) is 6.14. The molecule has 0 aromatic heterocycles. The van der Waals surface area contributed by atoms with Crippen LogP contribution in [-0.2, 0) is 21.2 Å². The van der Waals surface area contributed by atoms with E-state index in [-0.39, 0.29) is 18.7 Å². The summed E-state index contributed by atoms with van der Waals surface area (Å²) in [6, 6.07) is 13.0. The Labute approximate surface area is 147 Å². The molecule has 2 aromatic rings. The Hall–Kier alpha value is -2.41. The molecule has 1 amide bonds. The number of sulfonamides is 1. The van der Waals surface area contributed by atoms with E-state index in [4.69, 9.17) is 0 Å². The number of carbonyl (C=O) groups is 1. The third-order valence-electron chi connectivity index (χ3n) is 3.73. The summed E-state index contributed by atoms with van der Waals surface area (Å²) in [7, 11) is -3.55. The van der Waals surface area contributed by atoms with Gasteiger partial charge in [-0.05, 0) is 30.2 Å². The molecule has 0 unspecified atom stereocenters. The Morgan fingerprint density at radius 1 is 1.12 bits per heavy atom. The van der Waals surface area contributed by atoms with Gasteiger partial charge in [0.05, 0.1) is 17.6 Å². The van der Waals surface area contributed by atoms with Crippen LogP contribution in [-0.4, -0.2) is 27.1 Å². The predicted molar refractivity (Wildman–Crippen MR) is 97.7 cm³/mol. The number of anilines is 2. The summed E-state index contributed by atoms with van der Waals surface area (Å²) >= 11 is 0. The monoisotopic (exact) mass is 364 g/mol. The lowest BCUT2D eigenvalue weighted by Crippen LogP contribution is -2.33. The van der Waals surface area contributed by atoms with Crippen molar-refractivity contribution in [1.29, 1.82) is 0 Å². The highest BCUT2D eigenvalue weighted by molar-refractivity contribution is 7.92. The Bertz CT molecular complexity index is 853. The van der Waals surface area contributed by atoms with Gasteiger partial charge in [0.1, 0.15) is 5.82 Å². The van der Waals surface area contributed by atoms with Gasteiger partial charge in [-0.3, -0.25) is 9.10 Å². The number of amides is 1. The molecule has 0 saturated heterocycles. The zero-order chi connectivity index (χ0) is 18.4. The van der Waals surface area contributed by atoms with Crippen LogP contribution < -0.4 is 9.62 Å². The minimum atomic E-state index is -3.55. The number of nitrogens with one attached hydrogen (secondary N) is 1. The molecule has 0 radical (unpaired) electrons. The molecule has 134 valence electrons. The van der Waals surface area contributed by atoms with E-state index in [0.717, 1.165) is 11.8 Å². The highest BCUT2D eigenvalue weighted by Gasteiger charge is 2.20. The van der Waals surface area contributed by atoms with E-state index in [1.165, 1.54) is 22.5 Å². The first kappa shape index (κ1) is 18.9. The second kappa shape index (κ2) is 8.11. The van der Waals surface area contributed by atoms with Crippen LogP contribution in [0.25, 0.3) is 0 Å². The van der Waals surface area contributed by atoms with Crippen molar-refractivity contribution < 1.29 is 17.6 Å². The van der Waals surface area contributed by atoms with Gasteiger partial charge in [-0.25, -0.2) is 12.8 Å². The van der Waals surface area contributed by atoms with Gasteiger partial charge in [0.25, 0.3) is 0 Å². The molecular formula is C18H21FN2O3S. The van der Waals surface area contributed by atoms with Gasteiger partial charge in [-0.1, -0.05) is 37.3 Å². The normalized spacial score (nSPS) is 11.2. The van der Waals surface area contributed by atoms with E-state index in [1.54, 1.807) is 18.2 Å². The second-order valence-electron chi connectivity index (χ2n) is 5.60. The fourth-order valence-electron chi connectivity index (χ4n) is 2.50. The Morgan fingerprint density at radius 2 is 1.76 bits per heavy atom. The van der Waals surface area contributed by atoms with Crippen molar-refractivity contribution in [1.82, 2.24) is 0 Å². The zero-order valence-corrected chi connectivity index (χ0v) is 15.0. The summed E-state index contributed by atoms with van der Waals surface area (Å²) in [5, 5.41) is 2.46.